The van der Waals surface area contributed by atoms with Crippen LogP contribution in [-0.4, -0.2) is 6.79 Å². The van der Waals surface area contributed by atoms with Gasteiger partial charge in [0.15, 0.2) is 11.5 Å². The molecule has 2 aliphatic heterocycles. The second kappa shape index (κ2) is 4.96. The van der Waals surface area contributed by atoms with Crippen molar-refractivity contribution in [1.82, 2.24) is 0 Å². The highest BCUT2D eigenvalue weighted by Gasteiger charge is 2.33. The molecule has 2 aromatic rings. The summed E-state index contributed by atoms with van der Waals surface area (Å²) in [6, 6.07) is 13.9. The number of nitriles is 1. The van der Waals surface area contributed by atoms with Crippen molar-refractivity contribution in [3.8, 4) is 23.3 Å². The van der Waals surface area contributed by atoms with Gasteiger partial charge in [-0.3, -0.25) is 0 Å². The Morgan fingerprint density at radius 3 is 2.48 bits per heavy atom. The SMILES string of the molecule is Cc1ccc([C@H]2C(C#N)=C(N)Oc3cc4c(cc32)OCO4)cc1. The number of benzene rings is 2. The Hall–Kier alpha value is -3.13. The molecule has 2 N–H and O–H groups in total. The van der Waals surface area contributed by atoms with Crippen molar-refractivity contribution in [1.29, 1.82) is 5.26 Å². The highest BCUT2D eigenvalue weighted by molar-refractivity contribution is 5.61. The minimum absolute atomic E-state index is 0.129. The lowest BCUT2D eigenvalue weighted by molar-refractivity contribution is 0.174. The second-order valence-electron chi connectivity index (χ2n) is 5.58. The molecule has 114 valence electrons. The van der Waals surface area contributed by atoms with E-state index in [1.807, 2.05) is 37.3 Å². The summed E-state index contributed by atoms with van der Waals surface area (Å²) < 4.78 is 16.5. The Morgan fingerprint density at radius 1 is 1.09 bits per heavy atom. The molecule has 2 aliphatic rings. The molecular weight excluding hydrogens is 292 g/mol. The number of allylic oxidation sites excluding steroid dienone is 1. The Bertz CT molecular complexity index is 863. The number of fused-ring (bicyclic) bond motifs is 2. The van der Waals surface area contributed by atoms with Crippen molar-refractivity contribution >= 4 is 0 Å². The van der Waals surface area contributed by atoms with Crippen LogP contribution < -0.4 is 19.9 Å². The van der Waals surface area contributed by atoms with Gasteiger partial charge < -0.3 is 19.9 Å². The lowest BCUT2D eigenvalue weighted by atomic mass is 9.83. The summed E-state index contributed by atoms with van der Waals surface area (Å²) in [5.74, 6) is 1.72. The van der Waals surface area contributed by atoms with Crippen molar-refractivity contribution in [3.63, 3.8) is 0 Å². The van der Waals surface area contributed by atoms with E-state index in [1.54, 1.807) is 6.07 Å². The number of hydrogen-bond donors (Lipinski definition) is 1. The molecule has 0 saturated carbocycles. The highest BCUT2D eigenvalue weighted by atomic mass is 16.7. The average molecular weight is 306 g/mol. The number of ether oxygens (including phenoxy) is 3. The minimum atomic E-state index is -0.279. The predicted octanol–water partition coefficient (Wildman–Crippen LogP) is 2.94. The molecule has 0 amide bonds. The fourth-order valence-electron chi connectivity index (χ4n) is 2.95. The molecular formula is C18H14N2O3. The van der Waals surface area contributed by atoms with E-state index in [1.165, 1.54) is 0 Å². The maximum absolute atomic E-state index is 9.54. The van der Waals surface area contributed by atoms with Crippen LogP contribution in [-0.2, 0) is 0 Å². The topological polar surface area (TPSA) is 77.5 Å². The van der Waals surface area contributed by atoms with Crippen LogP contribution in [0.2, 0.25) is 0 Å². The van der Waals surface area contributed by atoms with Crippen LogP contribution in [0.1, 0.15) is 22.6 Å². The van der Waals surface area contributed by atoms with E-state index in [0.717, 1.165) is 16.7 Å². The van der Waals surface area contributed by atoms with Gasteiger partial charge in [-0.2, -0.15) is 5.26 Å². The van der Waals surface area contributed by atoms with E-state index in [0.29, 0.717) is 22.8 Å². The molecule has 0 unspecified atom stereocenters. The maximum Gasteiger partial charge on any atom is 0.231 e. The molecule has 4 rings (SSSR count). The first-order valence-corrected chi connectivity index (χ1v) is 7.25. The summed E-state index contributed by atoms with van der Waals surface area (Å²) in [5.41, 5.74) is 9.36. The van der Waals surface area contributed by atoms with Crippen LogP contribution in [0.4, 0.5) is 0 Å². The van der Waals surface area contributed by atoms with E-state index in [-0.39, 0.29) is 18.6 Å². The number of rotatable bonds is 1. The molecule has 5 nitrogen and oxygen atoms in total. The van der Waals surface area contributed by atoms with Gasteiger partial charge in [-0.25, -0.2) is 0 Å². The normalized spacial score (nSPS) is 18.2. The van der Waals surface area contributed by atoms with Gasteiger partial charge in [-0.1, -0.05) is 29.8 Å². The molecule has 0 fully saturated rings. The van der Waals surface area contributed by atoms with Crippen LogP contribution in [0.15, 0.2) is 47.9 Å². The first-order valence-electron chi connectivity index (χ1n) is 7.25. The molecule has 23 heavy (non-hydrogen) atoms. The summed E-state index contributed by atoms with van der Waals surface area (Å²) in [4.78, 5) is 0. The zero-order valence-electron chi connectivity index (χ0n) is 12.5. The van der Waals surface area contributed by atoms with Crippen molar-refractivity contribution < 1.29 is 14.2 Å². The fraction of sp³-hybridized carbons (Fsp3) is 0.167. The summed E-state index contributed by atoms with van der Waals surface area (Å²) in [5, 5.41) is 9.54. The molecule has 2 heterocycles. The number of aryl methyl sites for hydroxylation is 1. The van der Waals surface area contributed by atoms with Gasteiger partial charge in [0.25, 0.3) is 0 Å². The van der Waals surface area contributed by atoms with Gasteiger partial charge in [0.05, 0.1) is 5.92 Å². The molecule has 0 spiro atoms. The largest absolute Gasteiger partial charge is 0.454 e. The Morgan fingerprint density at radius 2 is 1.78 bits per heavy atom. The standard InChI is InChI=1S/C18H14N2O3/c1-10-2-4-11(5-3-10)17-12-6-15-16(22-9-21-15)7-14(12)23-18(20)13(17)8-19/h2-7,17H,9,20H2,1H3/t17-/m1/s1. The smallest absolute Gasteiger partial charge is 0.231 e. The lowest BCUT2D eigenvalue weighted by Crippen LogP contribution is -2.21. The Labute approximate surface area is 133 Å². The van der Waals surface area contributed by atoms with E-state index >= 15 is 0 Å². The van der Waals surface area contributed by atoms with Gasteiger partial charge in [-0.05, 0) is 18.6 Å². The minimum Gasteiger partial charge on any atom is -0.454 e. The molecule has 1 atom stereocenters. The molecule has 5 heteroatoms. The third kappa shape index (κ3) is 2.08. The van der Waals surface area contributed by atoms with E-state index in [4.69, 9.17) is 19.9 Å². The summed E-state index contributed by atoms with van der Waals surface area (Å²) in [7, 11) is 0. The molecule has 0 radical (unpaired) electrons. The molecule has 0 aromatic heterocycles. The van der Waals surface area contributed by atoms with Gasteiger partial charge in [0.2, 0.25) is 12.7 Å². The zero-order valence-corrected chi connectivity index (χ0v) is 12.5. The second-order valence-corrected chi connectivity index (χ2v) is 5.58. The van der Waals surface area contributed by atoms with Crippen LogP contribution in [0.25, 0.3) is 0 Å². The molecule has 0 bridgehead atoms. The average Bonchev–Trinajstić information content (AvgIpc) is 3.00. The third-order valence-corrected chi connectivity index (χ3v) is 4.12. The van der Waals surface area contributed by atoms with Crippen molar-refractivity contribution in [2.45, 2.75) is 12.8 Å². The van der Waals surface area contributed by atoms with Crippen LogP contribution in [0.5, 0.6) is 17.2 Å². The zero-order chi connectivity index (χ0) is 16.0. The first kappa shape index (κ1) is 13.5. The summed E-state index contributed by atoms with van der Waals surface area (Å²) >= 11 is 0. The van der Waals surface area contributed by atoms with E-state index in [2.05, 4.69) is 6.07 Å². The molecule has 0 aliphatic carbocycles. The van der Waals surface area contributed by atoms with Gasteiger partial charge in [0, 0.05) is 11.6 Å². The predicted molar refractivity (Wildman–Crippen MR) is 83.0 cm³/mol. The van der Waals surface area contributed by atoms with Crippen LogP contribution >= 0.6 is 0 Å². The Kier molecular flexibility index (Phi) is 2.91. The molecule has 0 saturated heterocycles. The highest BCUT2D eigenvalue weighted by Crippen LogP contribution is 2.47. The van der Waals surface area contributed by atoms with Crippen molar-refractivity contribution in [2.75, 3.05) is 6.79 Å². The maximum atomic E-state index is 9.54. The van der Waals surface area contributed by atoms with E-state index in [9.17, 15) is 5.26 Å². The third-order valence-electron chi connectivity index (χ3n) is 4.12. The van der Waals surface area contributed by atoms with Crippen LogP contribution in [0, 0.1) is 18.3 Å². The monoisotopic (exact) mass is 306 g/mol. The quantitative estimate of drug-likeness (QED) is 0.876. The Balaban J connectivity index is 1.92. The number of nitrogens with two attached hydrogens (primary N) is 1. The molecule has 2 aromatic carbocycles. The first-order chi connectivity index (χ1) is 11.2. The van der Waals surface area contributed by atoms with Gasteiger partial charge in [0.1, 0.15) is 17.4 Å². The van der Waals surface area contributed by atoms with Gasteiger partial charge >= 0.3 is 0 Å². The lowest BCUT2D eigenvalue weighted by Gasteiger charge is -2.26. The summed E-state index contributed by atoms with van der Waals surface area (Å²) in [6.45, 7) is 2.20. The van der Waals surface area contributed by atoms with Crippen LogP contribution in [0.3, 0.4) is 0 Å². The van der Waals surface area contributed by atoms with Crippen molar-refractivity contribution in [2.24, 2.45) is 5.73 Å². The number of hydrogen-bond acceptors (Lipinski definition) is 5. The van der Waals surface area contributed by atoms with Gasteiger partial charge in [-0.15, -0.1) is 0 Å². The summed E-state index contributed by atoms with van der Waals surface area (Å²) in [6.07, 6.45) is 0. The van der Waals surface area contributed by atoms with E-state index < -0.39 is 0 Å². The number of nitrogens with zero attached hydrogens (tertiary/aromatic N) is 1. The fourth-order valence-corrected chi connectivity index (χ4v) is 2.95. The van der Waals surface area contributed by atoms with Crippen molar-refractivity contribution in [3.05, 3.63) is 64.5 Å².